The first-order chi connectivity index (χ1) is 18.6. The molecule has 1 aromatic carbocycles. The SMILES string of the molecule is CC1CCN(c2ncccc2C(=O)NS(=O)(=O)c2cccc(NC3CCN(Cc4ccccc4)C3)n2)C1(C)C. The van der Waals surface area contributed by atoms with E-state index in [4.69, 9.17) is 0 Å². The summed E-state index contributed by atoms with van der Waals surface area (Å²) in [5.41, 5.74) is 1.28. The molecule has 2 aromatic heterocycles. The van der Waals surface area contributed by atoms with Crippen LogP contribution in [-0.4, -0.2) is 60.4 Å². The summed E-state index contributed by atoms with van der Waals surface area (Å²) >= 11 is 0. The molecule has 0 bridgehead atoms. The normalized spacial score (nSPS) is 21.2. The maximum absolute atomic E-state index is 13.2. The Morgan fingerprint density at radius 3 is 2.56 bits per heavy atom. The number of carbonyl (C=O) groups excluding carboxylic acids is 1. The van der Waals surface area contributed by atoms with E-state index in [1.54, 1.807) is 30.5 Å². The zero-order chi connectivity index (χ0) is 27.6. The number of anilines is 2. The van der Waals surface area contributed by atoms with E-state index in [1.165, 1.54) is 11.6 Å². The Bertz CT molecular complexity index is 1430. The van der Waals surface area contributed by atoms with E-state index >= 15 is 0 Å². The maximum Gasteiger partial charge on any atom is 0.281 e. The van der Waals surface area contributed by atoms with E-state index in [-0.39, 0.29) is 22.2 Å². The van der Waals surface area contributed by atoms with E-state index < -0.39 is 15.9 Å². The van der Waals surface area contributed by atoms with Crippen LogP contribution in [0.2, 0.25) is 0 Å². The molecule has 4 heterocycles. The Balaban J connectivity index is 1.26. The van der Waals surface area contributed by atoms with Gasteiger partial charge < -0.3 is 10.2 Å². The largest absolute Gasteiger partial charge is 0.366 e. The predicted octanol–water partition coefficient (Wildman–Crippen LogP) is 3.91. The Morgan fingerprint density at radius 2 is 1.82 bits per heavy atom. The first kappa shape index (κ1) is 27.1. The number of nitrogens with zero attached hydrogens (tertiary/aromatic N) is 4. The molecular formula is C29H36N6O3S. The molecule has 0 spiro atoms. The van der Waals surface area contributed by atoms with Crippen LogP contribution >= 0.6 is 0 Å². The summed E-state index contributed by atoms with van der Waals surface area (Å²) in [6.45, 7) is 9.80. The van der Waals surface area contributed by atoms with Gasteiger partial charge in [0.2, 0.25) is 0 Å². The van der Waals surface area contributed by atoms with Gasteiger partial charge in [0, 0.05) is 44.0 Å². The van der Waals surface area contributed by atoms with Crippen LogP contribution in [0.1, 0.15) is 49.5 Å². The lowest BCUT2D eigenvalue weighted by Crippen LogP contribution is -2.43. The van der Waals surface area contributed by atoms with E-state index in [0.717, 1.165) is 39.0 Å². The highest BCUT2D eigenvalue weighted by atomic mass is 32.2. The second-order valence-corrected chi connectivity index (χ2v) is 12.6. The van der Waals surface area contributed by atoms with E-state index in [1.807, 2.05) is 18.2 Å². The fraction of sp³-hybridized carbons (Fsp3) is 0.414. The molecule has 2 aliphatic rings. The monoisotopic (exact) mass is 548 g/mol. The molecule has 206 valence electrons. The minimum Gasteiger partial charge on any atom is -0.366 e. The fourth-order valence-corrected chi connectivity index (χ4v) is 6.35. The molecule has 2 atom stereocenters. The van der Waals surface area contributed by atoms with Gasteiger partial charge in [-0.05, 0) is 62.4 Å². The standard InChI is InChI=1S/C29H36N6O3S/c1-21-14-18-35(29(21,2)3)27-24(11-8-16-30-27)28(36)33-39(37,38)26-13-7-12-25(32-26)31-23-15-17-34(20-23)19-22-9-5-4-6-10-22/h4-13,16,21,23H,14-15,17-20H2,1-3H3,(H,31,32)(H,33,36). The van der Waals surface area contributed by atoms with Crippen molar-refractivity contribution >= 4 is 27.6 Å². The lowest BCUT2D eigenvalue weighted by Gasteiger charge is -2.36. The highest BCUT2D eigenvalue weighted by molar-refractivity contribution is 7.90. The molecule has 2 N–H and O–H groups in total. The molecule has 10 heteroatoms. The number of sulfonamides is 1. The molecule has 39 heavy (non-hydrogen) atoms. The Labute approximate surface area is 230 Å². The third kappa shape index (κ3) is 5.91. The van der Waals surface area contributed by atoms with Crippen molar-refractivity contribution in [1.29, 1.82) is 0 Å². The zero-order valence-electron chi connectivity index (χ0n) is 22.7. The van der Waals surface area contributed by atoms with Crippen molar-refractivity contribution < 1.29 is 13.2 Å². The van der Waals surface area contributed by atoms with Crippen LogP contribution in [-0.2, 0) is 16.6 Å². The lowest BCUT2D eigenvalue weighted by molar-refractivity contribution is 0.0981. The number of aromatic nitrogens is 2. The van der Waals surface area contributed by atoms with Crippen molar-refractivity contribution in [2.45, 2.75) is 56.8 Å². The van der Waals surface area contributed by atoms with Gasteiger partial charge in [-0.15, -0.1) is 0 Å². The van der Waals surface area contributed by atoms with E-state index in [9.17, 15) is 13.2 Å². The van der Waals surface area contributed by atoms with Crippen molar-refractivity contribution in [2.75, 3.05) is 29.9 Å². The van der Waals surface area contributed by atoms with Gasteiger partial charge in [-0.25, -0.2) is 14.7 Å². The lowest BCUT2D eigenvalue weighted by atomic mass is 9.90. The average molecular weight is 549 g/mol. The molecule has 9 nitrogen and oxygen atoms in total. The molecule has 1 amide bonds. The van der Waals surface area contributed by atoms with Crippen LogP contribution in [0.4, 0.5) is 11.6 Å². The second kappa shape index (κ2) is 10.9. The van der Waals surface area contributed by atoms with Gasteiger partial charge in [-0.2, -0.15) is 8.42 Å². The van der Waals surface area contributed by atoms with Crippen LogP contribution in [0.5, 0.6) is 0 Å². The summed E-state index contributed by atoms with van der Waals surface area (Å²) < 4.78 is 28.6. The summed E-state index contributed by atoms with van der Waals surface area (Å²) in [5, 5.41) is 3.16. The Kier molecular flexibility index (Phi) is 7.59. The topological polar surface area (TPSA) is 108 Å². The molecule has 0 radical (unpaired) electrons. The predicted molar refractivity (Wildman–Crippen MR) is 152 cm³/mol. The number of pyridine rings is 2. The molecule has 2 aliphatic heterocycles. The van der Waals surface area contributed by atoms with Gasteiger partial charge in [0.25, 0.3) is 15.9 Å². The van der Waals surface area contributed by atoms with Crippen LogP contribution in [0, 0.1) is 5.92 Å². The fourth-order valence-electron chi connectivity index (χ4n) is 5.42. The van der Waals surface area contributed by atoms with Crippen LogP contribution in [0.3, 0.4) is 0 Å². The Hall–Kier alpha value is -3.50. The van der Waals surface area contributed by atoms with E-state index in [2.05, 4.69) is 62.7 Å². The molecular weight excluding hydrogens is 512 g/mol. The maximum atomic E-state index is 13.2. The van der Waals surface area contributed by atoms with Crippen molar-refractivity contribution in [2.24, 2.45) is 5.92 Å². The summed E-state index contributed by atoms with van der Waals surface area (Å²) in [7, 11) is -4.20. The van der Waals surface area contributed by atoms with Crippen molar-refractivity contribution in [3.05, 3.63) is 78.0 Å². The smallest absolute Gasteiger partial charge is 0.281 e. The number of nitrogens with one attached hydrogen (secondary N) is 2. The highest BCUT2D eigenvalue weighted by Gasteiger charge is 2.40. The van der Waals surface area contributed by atoms with Crippen molar-refractivity contribution in [3.63, 3.8) is 0 Å². The number of benzene rings is 1. The number of carbonyl (C=O) groups is 1. The molecule has 2 unspecified atom stereocenters. The number of rotatable bonds is 8. The Morgan fingerprint density at radius 1 is 1.03 bits per heavy atom. The number of hydrogen-bond acceptors (Lipinski definition) is 8. The van der Waals surface area contributed by atoms with Gasteiger partial charge >= 0.3 is 0 Å². The van der Waals surface area contributed by atoms with E-state index in [0.29, 0.717) is 17.6 Å². The van der Waals surface area contributed by atoms with Crippen LogP contribution in [0.15, 0.2) is 71.9 Å². The minimum absolute atomic E-state index is 0.151. The summed E-state index contributed by atoms with van der Waals surface area (Å²) in [6.07, 6.45) is 3.52. The average Bonchev–Trinajstić information content (AvgIpc) is 3.46. The molecule has 0 aliphatic carbocycles. The number of amides is 1. The highest BCUT2D eigenvalue weighted by Crippen LogP contribution is 2.38. The molecule has 3 aromatic rings. The number of likely N-dealkylation sites (tertiary alicyclic amines) is 1. The molecule has 2 saturated heterocycles. The first-order valence-electron chi connectivity index (χ1n) is 13.4. The van der Waals surface area contributed by atoms with Crippen LogP contribution < -0.4 is 14.9 Å². The van der Waals surface area contributed by atoms with Crippen LogP contribution in [0.25, 0.3) is 0 Å². The van der Waals surface area contributed by atoms with Gasteiger partial charge in [-0.1, -0.05) is 43.3 Å². The summed E-state index contributed by atoms with van der Waals surface area (Å²) in [6, 6.07) is 18.5. The van der Waals surface area contributed by atoms with Gasteiger partial charge in [0.1, 0.15) is 11.6 Å². The molecule has 5 rings (SSSR count). The zero-order valence-corrected chi connectivity index (χ0v) is 23.5. The molecule has 0 saturated carbocycles. The van der Waals surface area contributed by atoms with Gasteiger partial charge in [-0.3, -0.25) is 9.69 Å². The first-order valence-corrected chi connectivity index (χ1v) is 14.9. The number of hydrogen-bond donors (Lipinski definition) is 2. The third-order valence-electron chi connectivity index (χ3n) is 8.07. The van der Waals surface area contributed by atoms with Crippen molar-refractivity contribution in [1.82, 2.24) is 19.6 Å². The minimum atomic E-state index is -4.20. The summed E-state index contributed by atoms with van der Waals surface area (Å²) in [4.78, 5) is 26.5. The van der Waals surface area contributed by atoms with Crippen molar-refractivity contribution in [3.8, 4) is 0 Å². The second-order valence-electron chi connectivity index (χ2n) is 11.0. The quantitative estimate of drug-likeness (QED) is 0.436. The molecule has 2 fully saturated rings. The van der Waals surface area contributed by atoms with Gasteiger partial charge in [0.15, 0.2) is 5.03 Å². The summed E-state index contributed by atoms with van der Waals surface area (Å²) in [5.74, 6) is 0.640. The third-order valence-corrected chi connectivity index (χ3v) is 9.31. The van der Waals surface area contributed by atoms with Gasteiger partial charge in [0.05, 0.1) is 5.56 Å².